The molecule has 1 amide bonds. The van der Waals surface area contributed by atoms with Gasteiger partial charge in [-0.25, -0.2) is 13.1 Å². The van der Waals surface area contributed by atoms with E-state index in [0.717, 1.165) is 6.26 Å². The van der Waals surface area contributed by atoms with E-state index in [2.05, 4.69) is 9.71 Å². The molecule has 0 fully saturated rings. The summed E-state index contributed by atoms with van der Waals surface area (Å²) in [6.45, 7) is 3.17. The molecule has 112 valence electrons. The fourth-order valence-electron chi connectivity index (χ4n) is 1.69. The highest BCUT2D eigenvalue weighted by Crippen LogP contribution is 2.08. The van der Waals surface area contributed by atoms with E-state index in [-0.39, 0.29) is 5.91 Å². The predicted molar refractivity (Wildman–Crippen MR) is 77.7 cm³/mol. The average Bonchev–Trinajstić information content (AvgIpc) is 2.37. The first-order chi connectivity index (χ1) is 9.33. The first kappa shape index (κ1) is 16.4. The maximum absolute atomic E-state index is 12.2. The lowest BCUT2D eigenvalue weighted by Gasteiger charge is -2.20. The molecule has 3 N–H and O–H groups in total. The second-order valence-electron chi connectivity index (χ2n) is 4.41. The van der Waals surface area contributed by atoms with Crippen molar-refractivity contribution in [2.45, 2.75) is 13.3 Å². The van der Waals surface area contributed by atoms with Gasteiger partial charge in [0.15, 0.2) is 0 Å². The molecule has 1 aromatic heterocycles. The molecule has 0 radical (unpaired) electrons. The van der Waals surface area contributed by atoms with E-state index < -0.39 is 10.0 Å². The number of sulfonamides is 1. The number of amides is 1. The summed E-state index contributed by atoms with van der Waals surface area (Å²) in [5, 5.41) is 0. The number of carbonyl (C=O) groups is 1. The second-order valence-corrected chi connectivity index (χ2v) is 6.24. The molecule has 8 heteroatoms. The van der Waals surface area contributed by atoms with Crippen molar-refractivity contribution in [2.75, 3.05) is 31.6 Å². The highest BCUT2D eigenvalue weighted by molar-refractivity contribution is 7.88. The van der Waals surface area contributed by atoms with Crippen LogP contribution in [0.2, 0.25) is 0 Å². The maximum atomic E-state index is 12.2. The molecule has 0 aliphatic carbocycles. The van der Waals surface area contributed by atoms with Crippen LogP contribution in [0.4, 0.5) is 5.69 Å². The number of nitrogens with two attached hydrogens (primary N) is 1. The van der Waals surface area contributed by atoms with Gasteiger partial charge in [-0.05, 0) is 19.4 Å². The summed E-state index contributed by atoms with van der Waals surface area (Å²) in [5.41, 5.74) is 6.47. The number of rotatable bonds is 7. The third-order valence-electron chi connectivity index (χ3n) is 2.64. The number of nitrogens with one attached hydrogen (secondary N) is 1. The number of aromatic nitrogens is 1. The van der Waals surface area contributed by atoms with E-state index in [9.17, 15) is 13.2 Å². The van der Waals surface area contributed by atoms with E-state index in [0.29, 0.717) is 37.3 Å². The summed E-state index contributed by atoms with van der Waals surface area (Å²) in [6.07, 6.45) is 4.59. The molecule has 1 rings (SSSR count). The van der Waals surface area contributed by atoms with E-state index >= 15 is 0 Å². The molecule has 0 aliphatic rings. The van der Waals surface area contributed by atoms with Crippen molar-refractivity contribution in [3.8, 4) is 0 Å². The summed E-state index contributed by atoms with van der Waals surface area (Å²) >= 11 is 0. The van der Waals surface area contributed by atoms with Crippen LogP contribution < -0.4 is 10.5 Å². The van der Waals surface area contributed by atoms with Gasteiger partial charge in [0.25, 0.3) is 5.91 Å². The van der Waals surface area contributed by atoms with Gasteiger partial charge >= 0.3 is 0 Å². The molecule has 1 heterocycles. The van der Waals surface area contributed by atoms with Crippen molar-refractivity contribution >= 4 is 21.6 Å². The van der Waals surface area contributed by atoms with Crippen molar-refractivity contribution in [2.24, 2.45) is 0 Å². The first-order valence-electron chi connectivity index (χ1n) is 6.28. The van der Waals surface area contributed by atoms with Gasteiger partial charge in [-0.2, -0.15) is 0 Å². The molecule has 0 atom stereocenters. The van der Waals surface area contributed by atoms with Gasteiger partial charge in [0.05, 0.1) is 17.5 Å². The van der Waals surface area contributed by atoms with Crippen LogP contribution >= 0.6 is 0 Å². The van der Waals surface area contributed by atoms with Gasteiger partial charge in [-0.15, -0.1) is 0 Å². The smallest absolute Gasteiger partial charge is 0.255 e. The zero-order chi connectivity index (χ0) is 15.2. The van der Waals surface area contributed by atoms with Crippen molar-refractivity contribution < 1.29 is 13.2 Å². The topological polar surface area (TPSA) is 105 Å². The Bertz CT molecular complexity index is 560. The molecular weight excluding hydrogens is 280 g/mol. The minimum atomic E-state index is -3.19. The Balaban J connectivity index is 2.56. The molecule has 0 aromatic carbocycles. The fraction of sp³-hybridized carbons (Fsp3) is 0.500. The second kappa shape index (κ2) is 7.20. The summed E-state index contributed by atoms with van der Waals surface area (Å²) < 4.78 is 24.2. The van der Waals surface area contributed by atoms with Gasteiger partial charge < -0.3 is 10.6 Å². The molecule has 0 bridgehead atoms. The van der Waals surface area contributed by atoms with Crippen LogP contribution in [0.15, 0.2) is 18.5 Å². The Morgan fingerprint density at radius 2 is 2.15 bits per heavy atom. The lowest BCUT2D eigenvalue weighted by Crippen LogP contribution is -2.34. The highest BCUT2D eigenvalue weighted by atomic mass is 32.2. The Hall–Kier alpha value is -1.67. The van der Waals surface area contributed by atoms with Gasteiger partial charge in [0.2, 0.25) is 10.0 Å². The summed E-state index contributed by atoms with van der Waals surface area (Å²) in [4.78, 5) is 17.7. The number of carbonyl (C=O) groups excluding carboxylic acids is 1. The standard InChI is InChI=1S/C12H20N4O3S/c1-3-16(6-4-5-15-20(2,18)19)12(17)10-7-11(13)9-14-8-10/h7-9,15H,3-6,13H2,1-2H3. The third kappa shape index (κ3) is 5.54. The minimum absolute atomic E-state index is 0.161. The predicted octanol–water partition coefficient (Wildman–Crippen LogP) is 0.0652. The molecule has 0 spiro atoms. The van der Waals surface area contributed by atoms with Crippen molar-refractivity contribution in [1.82, 2.24) is 14.6 Å². The monoisotopic (exact) mass is 300 g/mol. The van der Waals surface area contributed by atoms with E-state index in [1.54, 1.807) is 11.0 Å². The number of hydrogen-bond donors (Lipinski definition) is 2. The lowest BCUT2D eigenvalue weighted by atomic mass is 10.2. The number of nitrogen functional groups attached to an aromatic ring is 1. The Morgan fingerprint density at radius 3 is 2.70 bits per heavy atom. The molecule has 1 aromatic rings. The summed E-state index contributed by atoms with van der Waals surface area (Å²) in [7, 11) is -3.19. The molecule has 0 unspecified atom stereocenters. The van der Waals surface area contributed by atoms with Gasteiger partial charge in [0.1, 0.15) is 0 Å². The van der Waals surface area contributed by atoms with Crippen LogP contribution in [0.1, 0.15) is 23.7 Å². The Kier molecular flexibility index (Phi) is 5.90. The third-order valence-corrected chi connectivity index (χ3v) is 3.37. The van der Waals surface area contributed by atoms with Crippen LogP contribution in [0.25, 0.3) is 0 Å². The minimum Gasteiger partial charge on any atom is -0.397 e. The normalized spacial score (nSPS) is 11.3. The average molecular weight is 300 g/mol. The Labute approximate surface area is 119 Å². The Morgan fingerprint density at radius 1 is 1.45 bits per heavy atom. The largest absolute Gasteiger partial charge is 0.397 e. The molecule has 0 aliphatic heterocycles. The first-order valence-corrected chi connectivity index (χ1v) is 8.17. The van der Waals surface area contributed by atoms with Crippen LogP contribution in [0.5, 0.6) is 0 Å². The summed E-state index contributed by atoms with van der Waals surface area (Å²) in [5.74, 6) is -0.161. The van der Waals surface area contributed by atoms with E-state index in [1.807, 2.05) is 6.92 Å². The van der Waals surface area contributed by atoms with Gasteiger partial charge in [-0.1, -0.05) is 0 Å². The molecule has 20 heavy (non-hydrogen) atoms. The SMILES string of the molecule is CCN(CCCNS(C)(=O)=O)C(=O)c1cncc(N)c1. The lowest BCUT2D eigenvalue weighted by molar-refractivity contribution is 0.0763. The molecule has 0 saturated heterocycles. The van der Waals surface area contributed by atoms with Crippen molar-refractivity contribution in [3.05, 3.63) is 24.0 Å². The quantitative estimate of drug-likeness (QED) is 0.693. The van der Waals surface area contributed by atoms with Crippen LogP contribution in [0, 0.1) is 0 Å². The molecular formula is C12H20N4O3S. The number of nitrogens with zero attached hydrogens (tertiary/aromatic N) is 2. The number of anilines is 1. The van der Waals surface area contributed by atoms with Crippen molar-refractivity contribution in [1.29, 1.82) is 0 Å². The molecule has 7 nitrogen and oxygen atoms in total. The highest BCUT2D eigenvalue weighted by Gasteiger charge is 2.14. The van der Waals surface area contributed by atoms with Crippen LogP contribution in [-0.4, -0.2) is 50.1 Å². The van der Waals surface area contributed by atoms with E-state index in [4.69, 9.17) is 5.73 Å². The van der Waals surface area contributed by atoms with Crippen LogP contribution in [0.3, 0.4) is 0 Å². The van der Waals surface area contributed by atoms with Gasteiger partial charge in [-0.3, -0.25) is 9.78 Å². The number of pyridine rings is 1. The maximum Gasteiger partial charge on any atom is 0.255 e. The van der Waals surface area contributed by atoms with E-state index in [1.165, 1.54) is 12.4 Å². The molecule has 0 saturated carbocycles. The van der Waals surface area contributed by atoms with Gasteiger partial charge in [0, 0.05) is 32.0 Å². The fourth-order valence-corrected chi connectivity index (χ4v) is 2.20. The number of hydrogen-bond acceptors (Lipinski definition) is 5. The van der Waals surface area contributed by atoms with Crippen molar-refractivity contribution in [3.63, 3.8) is 0 Å². The van der Waals surface area contributed by atoms with Crippen LogP contribution in [-0.2, 0) is 10.0 Å². The summed E-state index contributed by atoms with van der Waals surface area (Å²) in [6, 6.07) is 1.58. The zero-order valence-corrected chi connectivity index (χ0v) is 12.5. The zero-order valence-electron chi connectivity index (χ0n) is 11.7.